The first-order valence-electron chi connectivity index (χ1n) is 18.5. The van der Waals surface area contributed by atoms with Crippen molar-refractivity contribution in [3.8, 4) is 0 Å². The van der Waals surface area contributed by atoms with Crippen molar-refractivity contribution in [2.24, 2.45) is 0 Å². The molecule has 8 heteroatoms. The van der Waals surface area contributed by atoms with Gasteiger partial charge in [-0.05, 0) is 81.9 Å². The quantitative estimate of drug-likeness (QED) is 0.0629. The van der Waals surface area contributed by atoms with Crippen molar-refractivity contribution in [3.05, 3.63) is 202 Å². The summed E-state index contributed by atoms with van der Waals surface area (Å²) in [6.45, 7) is 2.55. The van der Waals surface area contributed by atoms with Gasteiger partial charge in [-0.1, -0.05) is 109 Å². The Labute approximate surface area is 326 Å². The topological polar surface area (TPSA) is 102 Å². The highest BCUT2D eigenvalue weighted by Gasteiger charge is 2.61. The standard InChI is InChI=1S/C48H42N2O6/c1-55-47(53)39-17-13-35(14-18-39)31-50(32-36-15-19-40(20-16-36)48(54)56-2)42-27-23-38(24-28-42)44-45(51)43(46(44)52)37-21-25-41(26-22-37)49(29-33-9-5-3-6-10-33)30-34-11-7-4-8-12-34/h3-28,43-44H,29-32H2,1-2H3/p+2. The molecular formula is C48H44N2O6+2. The van der Waals surface area contributed by atoms with Gasteiger partial charge in [-0.15, -0.1) is 0 Å². The molecule has 0 amide bonds. The summed E-state index contributed by atoms with van der Waals surface area (Å²) in [6.07, 6.45) is 0. The Hall–Kier alpha value is -6.80. The zero-order valence-electron chi connectivity index (χ0n) is 31.4. The van der Waals surface area contributed by atoms with Crippen LogP contribution in [0.15, 0.2) is 158 Å². The monoisotopic (exact) mass is 744 g/mol. The number of methoxy groups -OCH3 is 2. The van der Waals surface area contributed by atoms with Crippen molar-refractivity contribution < 1.29 is 28.7 Å². The average molecular weight is 745 g/mol. The molecule has 280 valence electrons. The molecule has 6 aromatic rings. The van der Waals surface area contributed by atoms with Gasteiger partial charge in [0.15, 0.2) is 0 Å². The van der Waals surface area contributed by atoms with Crippen LogP contribution in [0.4, 0.5) is 11.4 Å². The molecule has 0 bridgehead atoms. The maximum Gasteiger partial charge on any atom is 0.337 e. The third-order valence-electron chi connectivity index (χ3n) is 10.3. The highest BCUT2D eigenvalue weighted by molar-refractivity contribution is 6.32. The molecule has 0 atom stereocenters. The molecule has 0 unspecified atom stereocenters. The summed E-state index contributed by atoms with van der Waals surface area (Å²) < 4.78 is 9.72. The van der Waals surface area contributed by atoms with Crippen LogP contribution in [0.5, 0.6) is 0 Å². The van der Waals surface area contributed by atoms with Crippen LogP contribution in [0.25, 0.3) is 0 Å². The predicted octanol–water partition coefficient (Wildman–Crippen LogP) is 8.64. The number of esters is 2. The number of nitrogens with zero attached hydrogens (tertiary/aromatic N) is 2. The second-order valence-corrected chi connectivity index (χ2v) is 14.0. The zero-order valence-corrected chi connectivity index (χ0v) is 31.4. The van der Waals surface area contributed by atoms with Crippen LogP contribution < -0.4 is 9.80 Å². The number of ketones is 2. The third-order valence-corrected chi connectivity index (χ3v) is 10.3. The number of hydrogen-bond donors (Lipinski definition) is 0. The molecule has 1 saturated carbocycles. The van der Waals surface area contributed by atoms with E-state index in [4.69, 9.17) is 9.47 Å². The number of carbonyl (C=O) groups excluding carboxylic acids is 4. The highest BCUT2D eigenvalue weighted by Crippen LogP contribution is 2.41. The lowest BCUT2D eigenvalue weighted by Gasteiger charge is -2.28. The van der Waals surface area contributed by atoms with Crippen molar-refractivity contribution in [3.63, 3.8) is 0 Å². The molecule has 0 saturated heterocycles. The molecule has 0 radical (unpaired) electrons. The highest BCUT2D eigenvalue weighted by atomic mass is 16.5. The Bertz CT molecular complexity index is 2170. The first kappa shape index (κ1) is 37.5. The lowest BCUT2D eigenvalue weighted by molar-refractivity contribution is 0.0592. The van der Waals surface area contributed by atoms with E-state index in [1.54, 1.807) is 24.3 Å². The van der Waals surface area contributed by atoms with E-state index in [1.165, 1.54) is 25.3 Å². The van der Waals surface area contributed by atoms with Crippen molar-refractivity contribution in [1.29, 1.82) is 0 Å². The minimum absolute atomic E-state index is 0.210. The van der Waals surface area contributed by atoms with Crippen LogP contribution in [-0.2, 0) is 35.7 Å². The van der Waals surface area contributed by atoms with Gasteiger partial charge in [0.1, 0.15) is 0 Å². The number of anilines is 2. The molecular weight excluding hydrogens is 701 g/mol. The smallest absolute Gasteiger partial charge is 0.337 e. The molecule has 1 aliphatic rings. The summed E-state index contributed by atoms with van der Waals surface area (Å²) in [7, 11) is 2.72. The SMILES string of the molecule is COC(=O)c1ccc(CN(Cc2ccc(C(=O)OC)cc2)c2ccc(C3C(=[OH+])C(c4ccc(N(Cc5ccccc5)Cc5ccccc5)cc4)C3=[OH+])cc2)cc1. The Morgan fingerprint density at radius 2 is 0.750 bits per heavy atom. The lowest BCUT2D eigenvalue weighted by atomic mass is 9.66. The van der Waals surface area contributed by atoms with Crippen LogP contribution in [0.2, 0.25) is 0 Å². The van der Waals surface area contributed by atoms with E-state index in [9.17, 15) is 19.2 Å². The zero-order chi connectivity index (χ0) is 39.0. The minimum Gasteiger partial charge on any atom is -0.465 e. The van der Waals surface area contributed by atoms with Crippen LogP contribution >= 0.6 is 0 Å². The fraction of sp³-hybridized carbons (Fsp3) is 0.167. The average Bonchev–Trinajstić information content (AvgIpc) is 3.24. The van der Waals surface area contributed by atoms with E-state index >= 15 is 0 Å². The fourth-order valence-corrected chi connectivity index (χ4v) is 7.23. The van der Waals surface area contributed by atoms with Gasteiger partial charge in [0.2, 0.25) is 11.8 Å². The van der Waals surface area contributed by atoms with Crippen molar-refractivity contribution in [2.45, 2.75) is 38.0 Å². The second-order valence-electron chi connectivity index (χ2n) is 14.0. The number of rotatable bonds is 14. The molecule has 6 aromatic carbocycles. The van der Waals surface area contributed by atoms with E-state index in [-0.39, 0.29) is 11.6 Å². The lowest BCUT2D eigenvalue weighted by Crippen LogP contribution is -2.45. The van der Waals surface area contributed by atoms with E-state index in [2.05, 4.69) is 70.5 Å². The Kier molecular flexibility index (Phi) is 11.5. The second kappa shape index (κ2) is 17.1. The van der Waals surface area contributed by atoms with Crippen LogP contribution in [0.1, 0.15) is 65.9 Å². The van der Waals surface area contributed by atoms with Gasteiger partial charge in [-0.2, -0.15) is 0 Å². The van der Waals surface area contributed by atoms with Gasteiger partial charge >= 0.3 is 23.5 Å². The van der Waals surface area contributed by atoms with Gasteiger partial charge in [-0.3, -0.25) is 9.59 Å². The fourth-order valence-electron chi connectivity index (χ4n) is 7.23. The molecule has 1 fully saturated rings. The van der Waals surface area contributed by atoms with E-state index in [0.29, 0.717) is 24.2 Å². The van der Waals surface area contributed by atoms with Crippen molar-refractivity contribution in [1.82, 2.24) is 0 Å². The van der Waals surface area contributed by atoms with E-state index in [1.807, 2.05) is 72.8 Å². The third kappa shape index (κ3) is 8.45. The van der Waals surface area contributed by atoms with Crippen LogP contribution in [0.3, 0.4) is 0 Å². The van der Waals surface area contributed by atoms with Gasteiger partial charge in [0.05, 0.1) is 25.3 Å². The summed E-state index contributed by atoms with van der Waals surface area (Å²) in [6, 6.07) is 51.3. The molecule has 2 N–H and O–H groups in total. The Morgan fingerprint density at radius 3 is 1.05 bits per heavy atom. The van der Waals surface area contributed by atoms with Crippen molar-refractivity contribution >= 4 is 34.9 Å². The molecule has 56 heavy (non-hydrogen) atoms. The molecule has 0 aliphatic heterocycles. The molecule has 0 heterocycles. The molecule has 8 nitrogen and oxygen atoms in total. The normalized spacial score (nSPS) is 14.8. The van der Waals surface area contributed by atoms with Gasteiger partial charge in [-0.25, -0.2) is 9.59 Å². The summed E-state index contributed by atoms with van der Waals surface area (Å²) in [5, 5.41) is 0. The first-order valence-corrected chi connectivity index (χ1v) is 18.5. The van der Waals surface area contributed by atoms with Gasteiger partial charge in [0, 0.05) is 37.6 Å². The van der Waals surface area contributed by atoms with E-state index in [0.717, 1.165) is 46.7 Å². The number of hydrogen-bond acceptors (Lipinski definition) is 6. The van der Waals surface area contributed by atoms with Crippen LogP contribution in [-0.4, -0.2) is 47.3 Å². The summed E-state index contributed by atoms with van der Waals surface area (Å²) in [5.74, 6) is -1.53. The largest absolute Gasteiger partial charge is 0.465 e. The molecule has 0 aromatic heterocycles. The number of carbonyl (C=O) groups is 2. The molecule has 0 spiro atoms. The predicted molar refractivity (Wildman–Crippen MR) is 220 cm³/mol. The minimum atomic E-state index is -0.591. The molecule has 7 rings (SSSR count). The summed E-state index contributed by atoms with van der Waals surface area (Å²) >= 11 is 0. The Balaban J connectivity index is 1.07. The van der Waals surface area contributed by atoms with Gasteiger partial charge in [0.25, 0.3) is 0 Å². The number of ether oxygens (including phenoxy) is 2. The van der Waals surface area contributed by atoms with Gasteiger partial charge < -0.3 is 19.3 Å². The molecule has 1 aliphatic carbocycles. The van der Waals surface area contributed by atoms with E-state index < -0.39 is 23.8 Å². The summed E-state index contributed by atoms with van der Waals surface area (Å²) in [5.41, 5.74) is 8.94. The first-order chi connectivity index (χ1) is 27.3. The summed E-state index contributed by atoms with van der Waals surface area (Å²) in [4.78, 5) is 51.3. The van der Waals surface area contributed by atoms with Crippen LogP contribution in [0, 0.1) is 0 Å². The maximum atomic E-state index is 12.0. The van der Waals surface area contributed by atoms with Crippen molar-refractivity contribution in [2.75, 3.05) is 24.0 Å². The Morgan fingerprint density at radius 1 is 0.446 bits per heavy atom. The maximum absolute atomic E-state index is 12.0. The number of benzene rings is 6.